The van der Waals surface area contributed by atoms with Gasteiger partial charge < -0.3 is 10.5 Å². The summed E-state index contributed by atoms with van der Waals surface area (Å²) >= 11 is 0. The normalized spacial score (nSPS) is 12.9. The molecular formula is C21H27NO2. The standard InChI is InChI=1S/C21H27NO2/c1-21(2,3)24-19(23)14-18(15-22)20(16-10-6-4-7-11-16)17-12-8-5-9-13-17/h4-13,18,20H,14-15,22H2,1-3H3/t18-/m1/s1. The lowest BCUT2D eigenvalue weighted by Gasteiger charge is -2.28. The topological polar surface area (TPSA) is 52.3 Å². The van der Waals surface area contributed by atoms with Crippen LogP contribution in [0.1, 0.15) is 44.2 Å². The van der Waals surface area contributed by atoms with Crippen LogP contribution in [-0.4, -0.2) is 18.1 Å². The minimum absolute atomic E-state index is 0.00958. The zero-order chi connectivity index (χ0) is 17.6. The Morgan fingerprint density at radius 1 is 0.958 bits per heavy atom. The second-order valence-corrected chi connectivity index (χ2v) is 7.09. The molecule has 0 amide bonds. The molecule has 0 unspecified atom stereocenters. The van der Waals surface area contributed by atoms with E-state index in [0.29, 0.717) is 13.0 Å². The van der Waals surface area contributed by atoms with Gasteiger partial charge in [0.2, 0.25) is 0 Å². The molecule has 2 aromatic carbocycles. The van der Waals surface area contributed by atoms with E-state index in [0.717, 1.165) is 0 Å². The fourth-order valence-corrected chi connectivity index (χ4v) is 2.99. The summed E-state index contributed by atoms with van der Waals surface area (Å²) in [5, 5.41) is 0. The first kappa shape index (κ1) is 18.2. The summed E-state index contributed by atoms with van der Waals surface area (Å²) in [5.41, 5.74) is 7.91. The van der Waals surface area contributed by atoms with Gasteiger partial charge in [-0.2, -0.15) is 0 Å². The molecule has 2 N–H and O–H groups in total. The molecule has 2 aromatic rings. The third-order valence-corrected chi connectivity index (χ3v) is 3.94. The summed E-state index contributed by atoms with van der Waals surface area (Å²) in [4.78, 5) is 12.3. The van der Waals surface area contributed by atoms with Crippen molar-refractivity contribution in [3.8, 4) is 0 Å². The average molecular weight is 325 g/mol. The van der Waals surface area contributed by atoms with E-state index in [1.807, 2.05) is 57.2 Å². The summed E-state index contributed by atoms with van der Waals surface area (Å²) < 4.78 is 5.50. The minimum atomic E-state index is -0.481. The Morgan fingerprint density at radius 2 is 1.42 bits per heavy atom. The zero-order valence-electron chi connectivity index (χ0n) is 14.7. The first-order valence-electron chi connectivity index (χ1n) is 8.42. The van der Waals surface area contributed by atoms with Crippen molar-refractivity contribution in [3.05, 3.63) is 71.8 Å². The molecule has 0 aliphatic rings. The molecule has 0 aliphatic heterocycles. The highest BCUT2D eigenvalue weighted by molar-refractivity contribution is 5.70. The molecule has 128 valence electrons. The van der Waals surface area contributed by atoms with Crippen LogP contribution in [0.3, 0.4) is 0 Å². The first-order valence-corrected chi connectivity index (χ1v) is 8.42. The maximum atomic E-state index is 12.3. The van der Waals surface area contributed by atoms with Gasteiger partial charge in [0.1, 0.15) is 5.60 Å². The van der Waals surface area contributed by atoms with E-state index >= 15 is 0 Å². The monoisotopic (exact) mass is 325 g/mol. The van der Waals surface area contributed by atoms with Crippen molar-refractivity contribution in [2.24, 2.45) is 11.7 Å². The maximum absolute atomic E-state index is 12.3. The minimum Gasteiger partial charge on any atom is -0.460 e. The molecular weight excluding hydrogens is 298 g/mol. The largest absolute Gasteiger partial charge is 0.460 e. The third kappa shape index (κ3) is 5.20. The number of carbonyl (C=O) groups is 1. The van der Waals surface area contributed by atoms with Gasteiger partial charge in [-0.3, -0.25) is 4.79 Å². The number of hydrogen-bond donors (Lipinski definition) is 1. The number of carbonyl (C=O) groups excluding carboxylic acids is 1. The van der Waals surface area contributed by atoms with E-state index in [1.165, 1.54) is 11.1 Å². The number of benzene rings is 2. The van der Waals surface area contributed by atoms with Crippen molar-refractivity contribution < 1.29 is 9.53 Å². The van der Waals surface area contributed by atoms with E-state index in [-0.39, 0.29) is 17.8 Å². The highest BCUT2D eigenvalue weighted by Gasteiger charge is 2.28. The quantitative estimate of drug-likeness (QED) is 0.813. The van der Waals surface area contributed by atoms with Gasteiger partial charge in [0.05, 0.1) is 6.42 Å². The van der Waals surface area contributed by atoms with Crippen LogP contribution in [0, 0.1) is 5.92 Å². The van der Waals surface area contributed by atoms with Crippen LogP contribution in [0.2, 0.25) is 0 Å². The molecule has 3 nitrogen and oxygen atoms in total. The van der Waals surface area contributed by atoms with E-state index in [4.69, 9.17) is 10.5 Å². The molecule has 0 aromatic heterocycles. The second kappa shape index (κ2) is 8.11. The van der Waals surface area contributed by atoms with Crippen molar-refractivity contribution in [3.63, 3.8) is 0 Å². The van der Waals surface area contributed by atoms with Crippen molar-refractivity contribution in [2.75, 3.05) is 6.54 Å². The Bertz CT molecular complexity index is 592. The molecule has 0 spiro atoms. The number of hydrogen-bond acceptors (Lipinski definition) is 3. The SMILES string of the molecule is CC(C)(C)OC(=O)C[C@H](CN)C(c1ccccc1)c1ccccc1. The zero-order valence-corrected chi connectivity index (χ0v) is 14.7. The van der Waals surface area contributed by atoms with Crippen LogP contribution in [0.4, 0.5) is 0 Å². The van der Waals surface area contributed by atoms with Crippen molar-refractivity contribution in [1.82, 2.24) is 0 Å². The van der Waals surface area contributed by atoms with Gasteiger partial charge in [0.25, 0.3) is 0 Å². The fraction of sp³-hybridized carbons (Fsp3) is 0.381. The Hall–Kier alpha value is -2.13. The smallest absolute Gasteiger partial charge is 0.306 e. The number of rotatable bonds is 6. The number of esters is 1. The third-order valence-electron chi connectivity index (χ3n) is 3.94. The van der Waals surface area contributed by atoms with Gasteiger partial charge in [-0.15, -0.1) is 0 Å². The number of nitrogens with two attached hydrogens (primary N) is 1. The fourth-order valence-electron chi connectivity index (χ4n) is 2.99. The van der Waals surface area contributed by atoms with Crippen molar-refractivity contribution in [2.45, 2.75) is 38.7 Å². The Kier molecular flexibility index (Phi) is 6.16. The highest BCUT2D eigenvalue weighted by Crippen LogP contribution is 2.34. The second-order valence-electron chi connectivity index (χ2n) is 7.09. The highest BCUT2D eigenvalue weighted by atomic mass is 16.6. The van der Waals surface area contributed by atoms with Crippen LogP contribution in [0.25, 0.3) is 0 Å². The van der Waals surface area contributed by atoms with E-state index in [9.17, 15) is 4.79 Å². The molecule has 3 heteroatoms. The molecule has 0 heterocycles. The van der Waals surface area contributed by atoms with Crippen molar-refractivity contribution in [1.29, 1.82) is 0 Å². The Labute approximate surface area is 144 Å². The van der Waals surface area contributed by atoms with Gasteiger partial charge in [-0.25, -0.2) is 0 Å². The lowest BCUT2D eigenvalue weighted by Crippen LogP contribution is -2.30. The molecule has 0 bridgehead atoms. The van der Waals surface area contributed by atoms with Gasteiger partial charge in [-0.1, -0.05) is 60.7 Å². The predicted molar refractivity (Wildman–Crippen MR) is 97.7 cm³/mol. The van der Waals surface area contributed by atoms with Gasteiger partial charge in [0.15, 0.2) is 0 Å². The lowest BCUT2D eigenvalue weighted by molar-refractivity contribution is -0.156. The predicted octanol–water partition coefficient (Wildman–Crippen LogP) is 4.13. The average Bonchev–Trinajstić information content (AvgIpc) is 2.54. The van der Waals surface area contributed by atoms with Gasteiger partial charge in [-0.05, 0) is 44.4 Å². The van der Waals surface area contributed by atoms with Crippen LogP contribution < -0.4 is 5.73 Å². The first-order chi connectivity index (χ1) is 11.4. The molecule has 0 fully saturated rings. The van der Waals surface area contributed by atoms with Crippen LogP contribution in [0.15, 0.2) is 60.7 Å². The Morgan fingerprint density at radius 3 is 1.79 bits per heavy atom. The molecule has 0 saturated carbocycles. The lowest BCUT2D eigenvalue weighted by atomic mass is 9.79. The van der Waals surface area contributed by atoms with Gasteiger partial charge in [0, 0.05) is 5.92 Å². The van der Waals surface area contributed by atoms with E-state index in [1.54, 1.807) is 0 Å². The van der Waals surface area contributed by atoms with Crippen molar-refractivity contribution >= 4 is 5.97 Å². The van der Waals surface area contributed by atoms with E-state index in [2.05, 4.69) is 24.3 Å². The maximum Gasteiger partial charge on any atom is 0.306 e. The van der Waals surface area contributed by atoms with Gasteiger partial charge >= 0.3 is 5.97 Å². The van der Waals surface area contributed by atoms with Crippen LogP contribution in [0.5, 0.6) is 0 Å². The number of ether oxygens (including phenoxy) is 1. The molecule has 24 heavy (non-hydrogen) atoms. The molecule has 2 rings (SSSR count). The van der Waals surface area contributed by atoms with Crippen LogP contribution >= 0.6 is 0 Å². The van der Waals surface area contributed by atoms with E-state index < -0.39 is 5.60 Å². The summed E-state index contributed by atoms with van der Waals surface area (Å²) in [5.74, 6) is -0.135. The van der Waals surface area contributed by atoms with Crippen LogP contribution in [-0.2, 0) is 9.53 Å². The molecule has 0 aliphatic carbocycles. The summed E-state index contributed by atoms with van der Waals surface area (Å²) in [6, 6.07) is 20.4. The molecule has 0 saturated heterocycles. The molecule has 0 radical (unpaired) electrons. The molecule has 1 atom stereocenters. The Balaban J connectivity index is 2.29. The summed E-state index contributed by atoms with van der Waals surface area (Å²) in [7, 11) is 0. The summed E-state index contributed by atoms with van der Waals surface area (Å²) in [6.45, 7) is 6.07. The summed E-state index contributed by atoms with van der Waals surface area (Å²) in [6.07, 6.45) is 0.308.